The summed E-state index contributed by atoms with van der Waals surface area (Å²) in [6.45, 7) is 7.82. The van der Waals surface area contributed by atoms with Crippen molar-refractivity contribution in [2.24, 2.45) is 0 Å². The van der Waals surface area contributed by atoms with Crippen molar-refractivity contribution in [3.63, 3.8) is 0 Å². The molecule has 1 heterocycles. The predicted molar refractivity (Wildman–Crippen MR) is 100 cm³/mol. The fourth-order valence-electron chi connectivity index (χ4n) is 3.18. The van der Waals surface area contributed by atoms with Gasteiger partial charge in [0.05, 0.1) is 13.0 Å². The Morgan fingerprint density at radius 1 is 1.15 bits per heavy atom. The third-order valence-electron chi connectivity index (χ3n) is 4.95. The van der Waals surface area contributed by atoms with E-state index in [2.05, 4.69) is 11.4 Å². The van der Waals surface area contributed by atoms with Crippen LogP contribution in [0.1, 0.15) is 36.0 Å². The summed E-state index contributed by atoms with van der Waals surface area (Å²) in [5.74, 6) is 0.790. The number of hydrogen-bond acceptors (Lipinski definition) is 4. The number of likely N-dealkylation sites (tertiary alicyclic amines) is 1. The molecule has 144 valence electrons. The lowest BCUT2D eigenvalue weighted by Gasteiger charge is -2.32. The van der Waals surface area contributed by atoms with E-state index in [1.54, 1.807) is 7.11 Å². The Hall–Kier alpha value is -2.08. The highest BCUT2D eigenvalue weighted by Gasteiger charge is 2.23. The lowest BCUT2D eigenvalue weighted by Crippen LogP contribution is -2.47. The normalized spacial score (nSPS) is 15.0. The Balaban J connectivity index is 1.76. The summed E-state index contributed by atoms with van der Waals surface area (Å²) in [4.78, 5) is 26.0. The molecule has 1 aromatic carbocycles. The zero-order valence-corrected chi connectivity index (χ0v) is 16.3. The number of rotatable bonds is 7. The number of ether oxygens (including phenoxy) is 2. The van der Waals surface area contributed by atoms with Crippen LogP contribution in [0.15, 0.2) is 12.1 Å². The number of hydrogen-bond donors (Lipinski definition) is 1. The average molecular weight is 362 g/mol. The molecule has 6 nitrogen and oxygen atoms in total. The van der Waals surface area contributed by atoms with Gasteiger partial charge in [-0.05, 0) is 50.3 Å². The third kappa shape index (κ3) is 5.46. The Bertz CT molecular complexity index is 637. The van der Waals surface area contributed by atoms with Gasteiger partial charge in [-0.2, -0.15) is 0 Å². The highest BCUT2D eigenvalue weighted by Crippen LogP contribution is 2.25. The fourth-order valence-corrected chi connectivity index (χ4v) is 3.18. The molecular formula is C20H30N2O4. The van der Waals surface area contributed by atoms with Crippen molar-refractivity contribution in [3.8, 4) is 5.75 Å². The monoisotopic (exact) mass is 362 g/mol. The van der Waals surface area contributed by atoms with Crippen molar-refractivity contribution in [1.82, 2.24) is 10.2 Å². The minimum Gasteiger partial charge on any atom is -0.483 e. The second-order valence-corrected chi connectivity index (χ2v) is 6.91. The molecule has 1 aliphatic rings. The van der Waals surface area contributed by atoms with Gasteiger partial charge in [0.15, 0.2) is 6.61 Å². The molecule has 0 spiro atoms. The van der Waals surface area contributed by atoms with E-state index < -0.39 is 0 Å². The zero-order valence-electron chi connectivity index (χ0n) is 16.3. The van der Waals surface area contributed by atoms with E-state index in [-0.39, 0.29) is 24.5 Å². The van der Waals surface area contributed by atoms with Gasteiger partial charge in [-0.25, -0.2) is 0 Å². The topological polar surface area (TPSA) is 67.9 Å². The Morgan fingerprint density at radius 3 is 2.46 bits per heavy atom. The van der Waals surface area contributed by atoms with Gasteiger partial charge in [0, 0.05) is 26.2 Å². The highest BCUT2D eigenvalue weighted by molar-refractivity contribution is 5.78. The van der Waals surface area contributed by atoms with Crippen LogP contribution in [0.4, 0.5) is 0 Å². The average Bonchev–Trinajstić information content (AvgIpc) is 2.63. The third-order valence-corrected chi connectivity index (χ3v) is 4.95. The van der Waals surface area contributed by atoms with Gasteiger partial charge in [0.2, 0.25) is 5.91 Å². The molecule has 2 amide bonds. The van der Waals surface area contributed by atoms with Crippen molar-refractivity contribution in [2.45, 2.75) is 46.1 Å². The standard InChI is InChI=1S/C20H30N2O4/c1-14-5-6-15(2)20(16(14)3)26-13-18(23)21-17-7-10-22(11-8-17)19(24)9-12-25-4/h5-6,17H,7-13H2,1-4H3,(H,21,23). The van der Waals surface area contributed by atoms with Gasteiger partial charge in [-0.15, -0.1) is 0 Å². The maximum atomic E-state index is 12.2. The molecule has 0 saturated carbocycles. The number of carbonyl (C=O) groups excluding carboxylic acids is 2. The lowest BCUT2D eigenvalue weighted by molar-refractivity contribution is -0.133. The molecule has 0 bridgehead atoms. The van der Waals surface area contributed by atoms with Gasteiger partial charge >= 0.3 is 0 Å². The van der Waals surface area contributed by atoms with E-state index in [4.69, 9.17) is 9.47 Å². The summed E-state index contributed by atoms with van der Waals surface area (Å²) in [6.07, 6.45) is 1.95. The van der Waals surface area contributed by atoms with Crippen molar-refractivity contribution < 1.29 is 19.1 Å². The number of aryl methyl sites for hydroxylation is 2. The molecule has 1 aliphatic heterocycles. The van der Waals surface area contributed by atoms with E-state index in [1.165, 1.54) is 0 Å². The Morgan fingerprint density at radius 2 is 1.81 bits per heavy atom. The largest absolute Gasteiger partial charge is 0.483 e. The van der Waals surface area contributed by atoms with Gasteiger partial charge in [0.25, 0.3) is 5.91 Å². The van der Waals surface area contributed by atoms with Crippen molar-refractivity contribution in [1.29, 1.82) is 0 Å². The van der Waals surface area contributed by atoms with E-state index in [0.29, 0.717) is 26.1 Å². The van der Waals surface area contributed by atoms with Crippen LogP contribution in [0.5, 0.6) is 5.75 Å². The quantitative estimate of drug-likeness (QED) is 0.807. The first-order chi connectivity index (χ1) is 12.4. The molecular weight excluding hydrogens is 332 g/mol. The van der Waals surface area contributed by atoms with E-state index in [0.717, 1.165) is 35.3 Å². The van der Waals surface area contributed by atoms with Gasteiger partial charge < -0.3 is 19.7 Å². The molecule has 1 saturated heterocycles. The molecule has 1 fully saturated rings. The van der Waals surface area contributed by atoms with Crippen molar-refractivity contribution in [2.75, 3.05) is 33.4 Å². The maximum Gasteiger partial charge on any atom is 0.258 e. The molecule has 0 radical (unpaired) electrons. The minimum absolute atomic E-state index is 0.0120. The zero-order chi connectivity index (χ0) is 19.1. The van der Waals surface area contributed by atoms with Crippen LogP contribution in [0.3, 0.4) is 0 Å². The van der Waals surface area contributed by atoms with Crippen LogP contribution in [0, 0.1) is 20.8 Å². The number of piperidine rings is 1. The number of carbonyl (C=O) groups is 2. The van der Waals surface area contributed by atoms with E-state index in [1.807, 2.05) is 31.7 Å². The second kappa shape index (κ2) is 9.57. The van der Waals surface area contributed by atoms with Crippen LogP contribution >= 0.6 is 0 Å². The summed E-state index contributed by atoms with van der Waals surface area (Å²) in [7, 11) is 1.59. The summed E-state index contributed by atoms with van der Waals surface area (Å²) in [5.41, 5.74) is 3.25. The van der Waals surface area contributed by atoms with Gasteiger partial charge in [-0.3, -0.25) is 9.59 Å². The molecule has 0 unspecified atom stereocenters. The van der Waals surface area contributed by atoms with Crippen molar-refractivity contribution >= 4 is 11.8 Å². The first kappa shape index (κ1) is 20.2. The fraction of sp³-hybridized carbons (Fsp3) is 0.600. The van der Waals surface area contributed by atoms with Crippen LogP contribution in [-0.2, 0) is 14.3 Å². The summed E-state index contributed by atoms with van der Waals surface area (Å²) in [6, 6.07) is 4.16. The number of nitrogens with one attached hydrogen (secondary N) is 1. The minimum atomic E-state index is -0.116. The summed E-state index contributed by atoms with van der Waals surface area (Å²) < 4.78 is 10.7. The molecule has 26 heavy (non-hydrogen) atoms. The molecule has 0 aliphatic carbocycles. The first-order valence-corrected chi connectivity index (χ1v) is 9.18. The number of methoxy groups -OCH3 is 1. The summed E-state index contributed by atoms with van der Waals surface area (Å²) in [5, 5.41) is 3.02. The predicted octanol–water partition coefficient (Wildman–Crippen LogP) is 2.13. The number of amides is 2. The first-order valence-electron chi connectivity index (χ1n) is 9.18. The molecule has 6 heteroatoms. The smallest absolute Gasteiger partial charge is 0.258 e. The van der Waals surface area contributed by atoms with Crippen LogP contribution in [0.25, 0.3) is 0 Å². The van der Waals surface area contributed by atoms with Crippen LogP contribution in [0.2, 0.25) is 0 Å². The second-order valence-electron chi connectivity index (χ2n) is 6.91. The van der Waals surface area contributed by atoms with Gasteiger partial charge in [-0.1, -0.05) is 12.1 Å². The number of benzene rings is 1. The molecule has 0 atom stereocenters. The molecule has 1 N–H and O–H groups in total. The lowest BCUT2D eigenvalue weighted by atomic mass is 10.0. The SMILES string of the molecule is COCCC(=O)N1CCC(NC(=O)COc2c(C)ccc(C)c2C)CC1. The van der Waals surface area contributed by atoms with Crippen LogP contribution < -0.4 is 10.1 Å². The summed E-state index contributed by atoms with van der Waals surface area (Å²) >= 11 is 0. The van der Waals surface area contributed by atoms with Crippen molar-refractivity contribution in [3.05, 3.63) is 28.8 Å². The molecule has 2 rings (SSSR count). The number of nitrogens with zero attached hydrogens (tertiary/aromatic N) is 1. The maximum absolute atomic E-state index is 12.2. The van der Waals surface area contributed by atoms with E-state index >= 15 is 0 Å². The van der Waals surface area contributed by atoms with Gasteiger partial charge in [0.1, 0.15) is 5.75 Å². The molecule has 0 aromatic heterocycles. The Labute approximate surface area is 155 Å². The van der Waals surface area contributed by atoms with Crippen LogP contribution in [-0.4, -0.2) is 56.2 Å². The highest BCUT2D eigenvalue weighted by atomic mass is 16.5. The molecule has 1 aromatic rings. The van der Waals surface area contributed by atoms with E-state index in [9.17, 15) is 9.59 Å². The Kier molecular flexibility index (Phi) is 7.45.